The lowest BCUT2D eigenvalue weighted by Crippen LogP contribution is -2.45. The topological polar surface area (TPSA) is 84.5 Å². The van der Waals surface area contributed by atoms with Crippen LogP contribution in [-0.4, -0.2) is 57.7 Å². The van der Waals surface area contributed by atoms with E-state index in [2.05, 4.69) is 5.10 Å². The van der Waals surface area contributed by atoms with Crippen LogP contribution in [0.2, 0.25) is 5.02 Å². The van der Waals surface area contributed by atoms with E-state index in [0.717, 1.165) is 30.0 Å². The molecule has 11 heteroatoms. The average molecular weight is 470 g/mol. The molecule has 2 aromatic rings. The minimum atomic E-state index is -4.43. The summed E-state index contributed by atoms with van der Waals surface area (Å²) in [6, 6.07) is 4.76. The second-order valence-electron chi connectivity index (χ2n) is 8.54. The van der Waals surface area contributed by atoms with E-state index in [-0.39, 0.29) is 34.3 Å². The Morgan fingerprint density at radius 1 is 1.12 bits per heavy atom. The number of carbonyl (C=O) groups excluding carboxylic acids is 2. The Morgan fingerprint density at radius 3 is 2.44 bits per heavy atom. The largest absolute Gasteiger partial charge is 0.416 e. The molecule has 0 radical (unpaired) electrons. The van der Waals surface area contributed by atoms with Crippen molar-refractivity contribution in [3.05, 3.63) is 52.3 Å². The third-order valence-corrected chi connectivity index (χ3v) is 6.65. The fraction of sp³-hybridized carbons (Fsp3) is 0.476. The molecule has 2 fully saturated rings. The number of alkyl halides is 3. The van der Waals surface area contributed by atoms with Crippen molar-refractivity contribution in [3.8, 4) is 0 Å². The zero-order valence-corrected chi connectivity index (χ0v) is 18.0. The number of likely N-dealkylation sites (tertiary alicyclic amines) is 2. The molecule has 2 aliphatic rings. The minimum Gasteiger partial charge on any atom is -0.364 e. The lowest BCUT2D eigenvalue weighted by atomic mass is 9.78. The molecule has 172 valence electrons. The first-order valence-corrected chi connectivity index (χ1v) is 10.7. The van der Waals surface area contributed by atoms with E-state index < -0.39 is 17.6 Å². The summed E-state index contributed by atoms with van der Waals surface area (Å²) < 4.78 is 41.2. The highest BCUT2D eigenvalue weighted by Gasteiger charge is 2.42. The number of nitrogens with zero attached hydrogens (tertiary/aromatic N) is 4. The number of amides is 2. The highest BCUT2D eigenvalue weighted by molar-refractivity contribution is 6.30. The zero-order valence-electron chi connectivity index (χ0n) is 17.2. The summed E-state index contributed by atoms with van der Waals surface area (Å²) in [6.07, 6.45) is -0.649. The molecule has 0 aliphatic carbocycles. The lowest BCUT2D eigenvalue weighted by Gasteiger charge is -2.39. The maximum Gasteiger partial charge on any atom is 0.416 e. The van der Waals surface area contributed by atoms with Gasteiger partial charge in [-0.25, -0.2) is 4.79 Å². The maximum atomic E-state index is 13.4. The monoisotopic (exact) mass is 469 g/mol. The quantitative estimate of drug-likeness (QED) is 0.744. The van der Waals surface area contributed by atoms with E-state index >= 15 is 0 Å². The summed E-state index contributed by atoms with van der Waals surface area (Å²) in [7, 11) is 0. The van der Waals surface area contributed by atoms with Crippen LogP contribution < -0.4 is 5.73 Å². The van der Waals surface area contributed by atoms with E-state index in [1.165, 1.54) is 24.4 Å². The minimum absolute atomic E-state index is 0.0255. The van der Waals surface area contributed by atoms with E-state index in [9.17, 15) is 22.8 Å². The maximum absolute atomic E-state index is 13.4. The third kappa shape index (κ3) is 4.61. The number of piperidine rings is 1. The summed E-state index contributed by atoms with van der Waals surface area (Å²) in [6.45, 7) is 2.58. The Kier molecular flexibility index (Phi) is 5.93. The summed E-state index contributed by atoms with van der Waals surface area (Å²) in [5.41, 5.74) is 4.70. The van der Waals surface area contributed by atoms with Gasteiger partial charge in [0.05, 0.1) is 5.56 Å². The average Bonchev–Trinajstić information content (AvgIpc) is 3.35. The van der Waals surface area contributed by atoms with Gasteiger partial charge in [0.1, 0.15) is 0 Å². The molecular formula is C21H23ClF3N5O2. The Balaban J connectivity index is 1.38. The van der Waals surface area contributed by atoms with Gasteiger partial charge in [-0.15, -0.1) is 0 Å². The number of benzene rings is 1. The van der Waals surface area contributed by atoms with Crippen LogP contribution in [0.3, 0.4) is 0 Å². The molecule has 0 unspecified atom stereocenters. The first-order valence-electron chi connectivity index (χ1n) is 10.3. The van der Waals surface area contributed by atoms with Crippen molar-refractivity contribution in [2.75, 3.05) is 26.2 Å². The zero-order chi connectivity index (χ0) is 23.1. The Hall–Kier alpha value is -2.59. The van der Waals surface area contributed by atoms with Gasteiger partial charge in [0, 0.05) is 37.4 Å². The van der Waals surface area contributed by atoms with Crippen LogP contribution in [0.25, 0.3) is 0 Å². The van der Waals surface area contributed by atoms with Gasteiger partial charge in [-0.05, 0) is 61.1 Å². The van der Waals surface area contributed by atoms with Gasteiger partial charge in [0.15, 0.2) is 5.69 Å². The predicted octanol–water partition coefficient (Wildman–Crippen LogP) is 3.61. The number of rotatable bonds is 3. The second kappa shape index (κ2) is 8.40. The summed E-state index contributed by atoms with van der Waals surface area (Å²) in [5.74, 6) is -0.700. The summed E-state index contributed by atoms with van der Waals surface area (Å²) in [5, 5.41) is 4.19. The number of aromatic nitrogens is 2. The van der Waals surface area contributed by atoms with Crippen LogP contribution in [0, 0.1) is 5.41 Å². The second-order valence-corrected chi connectivity index (χ2v) is 8.98. The molecule has 2 saturated heterocycles. The smallest absolute Gasteiger partial charge is 0.364 e. The molecule has 1 aromatic carbocycles. The van der Waals surface area contributed by atoms with Crippen molar-refractivity contribution < 1.29 is 22.8 Å². The summed E-state index contributed by atoms with van der Waals surface area (Å²) in [4.78, 5) is 27.5. The van der Waals surface area contributed by atoms with Crippen molar-refractivity contribution in [1.29, 1.82) is 0 Å². The highest BCUT2D eigenvalue weighted by Crippen LogP contribution is 2.42. The first kappa shape index (κ1) is 22.6. The molecule has 2 amide bonds. The van der Waals surface area contributed by atoms with Gasteiger partial charge in [0.2, 0.25) is 0 Å². The predicted molar refractivity (Wildman–Crippen MR) is 111 cm³/mol. The Bertz CT molecular complexity index is 1030. The number of carbonyl (C=O) groups is 2. The standard InChI is InChI=1S/C21H23ClF3N5O2/c22-15-1-2-16(21(23,24)25)14(11-15)12-28-8-4-20(13-28)5-9-29(10-6-20)19(32)30-7-3-17(27-30)18(26)31/h1-3,7,11H,4-6,8-10,12-13H2,(H2,26,31). The Morgan fingerprint density at radius 2 is 1.81 bits per heavy atom. The van der Waals surface area contributed by atoms with Crippen LogP contribution in [-0.2, 0) is 12.7 Å². The molecule has 0 bridgehead atoms. The fourth-order valence-corrected chi connectivity index (χ4v) is 4.86. The van der Waals surface area contributed by atoms with Gasteiger partial charge in [-0.1, -0.05) is 11.6 Å². The highest BCUT2D eigenvalue weighted by atomic mass is 35.5. The fourth-order valence-electron chi connectivity index (χ4n) is 4.66. The molecule has 1 spiro atoms. The normalized spacial score (nSPS) is 18.9. The Labute approximate surface area is 187 Å². The van der Waals surface area contributed by atoms with Crippen molar-refractivity contribution in [2.45, 2.75) is 32.0 Å². The van der Waals surface area contributed by atoms with Gasteiger partial charge in [0.25, 0.3) is 5.91 Å². The van der Waals surface area contributed by atoms with Gasteiger partial charge in [-0.3, -0.25) is 9.69 Å². The van der Waals surface area contributed by atoms with E-state index in [1.54, 1.807) is 4.90 Å². The van der Waals surface area contributed by atoms with E-state index in [0.29, 0.717) is 26.2 Å². The van der Waals surface area contributed by atoms with Gasteiger partial charge in [-0.2, -0.15) is 23.0 Å². The number of hydrogen-bond donors (Lipinski definition) is 1. The number of hydrogen-bond acceptors (Lipinski definition) is 4. The molecule has 2 N–H and O–H groups in total. The molecule has 32 heavy (non-hydrogen) atoms. The number of halogens is 4. The number of primary amides is 1. The van der Waals surface area contributed by atoms with Crippen molar-refractivity contribution >= 4 is 23.5 Å². The van der Waals surface area contributed by atoms with E-state index in [4.69, 9.17) is 17.3 Å². The van der Waals surface area contributed by atoms with Crippen LogP contribution in [0.4, 0.5) is 18.0 Å². The van der Waals surface area contributed by atoms with Crippen molar-refractivity contribution in [3.63, 3.8) is 0 Å². The summed E-state index contributed by atoms with van der Waals surface area (Å²) >= 11 is 5.95. The van der Waals surface area contributed by atoms with Crippen LogP contribution in [0.5, 0.6) is 0 Å². The molecule has 3 heterocycles. The third-order valence-electron chi connectivity index (χ3n) is 6.42. The van der Waals surface area contributed by atoms with Crippen LogP contribution >= 0.6 is 11.6 Å². The molecule has 7 nitrogen and oxygen atoms in total. The van der Waals surface area contributed by atoms with E-state index in [1.807, 2.05) is 4.90 Å². The van der Waals surface area contributed by atoms with Gasteiger partial charge < -0.3 is 10.6 Å². The number of nitrogens with two attached hydrogens (primary N) is 1. The molecule has 0 saturated carbocycles. The molecule has 4 rings (SSSR count). The molecular weight excluding hydrogens is 447 g/mol. The van der Waals surface area contributed by atoms with Crippen molar-refractivity contribution in [2.24, 2.45) is 11.1 Å². The van der Waals surface area contributed by atoms with Crippen molar-refractivity contribution in [1.82, 2.24) is 19.6 Å². The SMILES string of the molecule is NC(=O)c1ccn(C(=O)N2CCC3(CCN(Cc4cc(Cl)ccc4C(F)(F)F)C3)CC2)n1. The molecule has 2 aliphatic heterocycles. The molecule has 1 aromatic heterocycles. The first-order chi connectivity index (χ1) is 15.1. The van der Waals surface area contributed by atoms with Crippen LogP contribution in [0.1, 0.15) is 40.9 Å². The van der Waals surface area contributed by atoms with Crippen LogP contribution in [0.15, 0.2) is 30.5 Å². The molecule has 0 atom stereocenters. The lowest BCUT2D eigenvalue weighted by molar-refractivity contribution is -0.138. The van der Waals surface area contributed by atoms with Gasteiger partial charge >= 0.3 is 12.2 Å².